The molecular formula is C42H27N3O. The van der Waals surface area contributed by atoms with Crippen molar-refractivity contribution in [1.82, 2.24) is 14.1 Å². The molecule has 0 unspecified atom stereocenters. The van der Waals surface area contributed by atoms with Crippen molar-refractivity contribution in [2.45, 2.75) is 0 Å². The van der Waals surface area contributed by atoms with Gasteiger partial charge in [-0.15, -0.1) is 0 Å². The zero-order chi connectivity index (χ0) is 30.2. The second-order valence-electron chi connectivity index (χ2n) is 11.9. The molecule has 10 aromatic rings. The number of furan rings is 1. The maximum atomic E-state index is 5.77. The van der Waals surface area contributed by atoms with Crippen molar-refractivity contribution in [2.75, 3.05) is 0 Å². The van der Waals surface area contributed by atoms with E-state index in [2.05, 4.69) is 154 Å². The number of para-hydroxylation sites is 3. The summed E-state index contributed by atoms with van der Waals surface area (Å²) < 4.78 is 10.6. The van der Waals surface area contributed by atoms with E-state index in [0.29, 0.717) is 0 Å². The first-order valence-corrected chi connectivity index (χ1v) is 15.6. The Bertz CT molecular complexity index is 2720. The largest absolute Gasteiger partial charge is 0.464 e. The van der Waals surface area contributed by atoms with Gasteiger partial charge in [0.1, 0.15) is 5.76 Å². The highest BCUT2D eigenvalue weighted by molar-refractivity contribution is 6.19. The van der Waals surface area contributed by atoms with Crippen LogP contribution in [0.15, 0.2) is 162 Å². The summed E-state index contributed by atoms with van der Waals surface area (Å²) in [5.74, 6) is 0.861. The summed E-state index contributed by atoms with van der Waals surface area (Å²) in [6.45, 7) is 0. The highest BCUT2D eigenvalue weighted by atomic mass is 16.3. The highest BCUT2D eigenvalue weighted by Crippen LogP contribution is 2.40. The molecule has 4 heteroatoms. The lowest BCUT2D eigenvalue weighted by Gasteiger charge is -2.12. The number of rotatable bonds is 4. The second-order valence-corrected chi connectivity index (χ2v) is 11.9. The molecule has 216 valence electrons. The van der Waals surface area contributed by atoms with Crippen LogP contribution >= 0.6 is 0 Å². The van der Waals surface area contributed by atoms with Crippen molar-refractivity contribution in [3.63, 3.8) is 0 Å². The Labute approximate surface area is 264 Å². The SMILES string of the molecule is c1cc(-c2cc3ccccc3[nH]2)cc(-n2c3ccccc3c3cc4c5ccccc5n(-c5cccc(-c6ccco6)c5)c4cc32)c1. The quantitative estimate of drug-likeness (QED) is 0.218. The predicted octanol–water partition coefficient (Wildman–Crippen LogP) is 11.3. The fourth-order valence-electron chi connectivity index (χ4n) is 7.27. The summed E-state index contributed by atoms with van der Waals surface area (Å²) in [7, 11) is 0. The summed E-state index contributed by atoms with van der Waals surface area (Å²) in [5, 5.41) is 6.17. The zero-order valence-electron chi connectivity index (χ0n) is 24.8. The van der Waals surface area contributed by atoms with Gasteiger partial charge >= 0.3 is 0 Å². The van der Waals surface area contributed by atoms with Crippen LogP contribution in [0.25, 0.3) is 88.5 Å². The average molecular weight is 590 g/mol. The number of H-pyrrole nitrogens is 1. The lowest BCUT2D eigenvalue weighted by atomic mass is 10.1. The summed E-state index contributed by atoms with van der Waals surface area (Å²) in [6, 6.07) is 54.3. The van der Waals surface area contributed by atoms with Gasteiger partial charge in [0.2, 0.25) is 0 Å². The third-order valence-corrected chi connectivity index (χ3v) is 9.32. The number of nitrogens with one attached hydrogen (secondary N) is 1. The highest BCUT2D eigenvalue weighted by Gasteiger charge is 2.19. The summed E-state index contributed by atoms with van der Waals surface area (Å²) in [5.41, 5.74) is 11.4. The lowest BCUT2D eigenvalue weighted by Crippen LogP contribution is -1.96. The van der Waals surface area contributed by atoms with E-state index in [4.69, 9.17) is 4.42 Å². The summed E-state index contributed by atoms with van der Waals surface area (Å²) in [6.07, 6.45) is 1.73. The minimum absolute atomic E-state index is 0.861. The van der Waals surface area contributed by atoms with E-state index in [9.17, 15) is 0 Å². The third kappa shape index (κ3) is 3.67. The molecule has 0 aliphatic heterocycles. The van der Waals surface area contributed by atoms with Crippen LogP contribution in [0.2, 0.25) is 0 Å². The van der Waals surface area contributed by atoms with Crippen molar-refractivity contribution in [2.24, 2.45) is 0 Å². The Morgan fingerprint density at radius 2 is 1.07 bits per heavy atom. The van der Waals surface area contributed by atoms with E-state index in [1.165, 1.54) is 49.0 Å². The minimum atomic E-state index is 0.861. The molecule has 1 N–H and O–H groups in total. The first-order valence-electron chi connectivity index (χ1n) is 15.6. The lowest BCUT2D eigenvalue weighted by molar-refractivity contribution is 0.582. The Kier molecular flexibility index (Phi) is 5.25. The number of aromatic nitrogens is 3. The summed E-state index contributed by atoms with van der Waals surface area (Å²) >= 11 is 0. The smallest absolute Gasteiger partial charge is 0.133 e. The van der Waals surface area contributed by atoms with E-state index >= 15 is 0 Å². The van der Waals surface area contributed by atoms with Crippen molar-refractivity contribution in [3.05, 3.63) is 158 Å². The van der Waals surface area contributed by atoms with Gasteiger partial charge in [0.25, 0.3) is 0 Å². The van der Waals surface area contributed by atoms with E-state index < -0.39 is 0 Å². The average Bonchev–Trinajstić information content (AvgIpc) is 3.91. The Morgan fingerprint density at radius 1 is 0.435 bits per heavy atom. The van der Waals surface area contributed by atoms with E-state index in [1.54, 1.807) is 6.26 Å². The van der Waals surface area contributed by atoms with Crippen LogP contribution in [0, 0.1) is 0 Å². The number of hydrogen-bond donors (Lipinski definition) is 1. The Hall–Kier alpha value is -6.26. The maximum Gasteiger partial charge on any atom is 0.133 e. The molecule has 4 aromatic heterocycles. The molecule has 0 fully saturated rings. The van der Waals surface area contributed by atoms with Gasteiger partial charge in [-0.1, -0.05) is 78.9 Å². The molecule has 6 aromatic carbocycles. The first kappa shape index (κ1) is 25.1. The van der Waals surface area contributed by atoms with Gasteiger partial charge in [-0.25, -0.2) is 0 Å². The number of fused-ring (bicyclic) bond motifs is 7. The molecule has 10 rings (SSSR count). The van der Waals surface area contributed by atoms with Gasteiger partial charge in [-0.2, -0.15) is 0 Å². The zero-order valence-corrected chi connectivity index (χ0v) is 24.8. The topological polar surface area (TPSA) is 38.8 Å². The normalized spacial score (nSPS) is 11.9. The number of aromatic amines is 1. The van der Waals surface area contributed by atoms with Gasteiger partial charge < -0.3 is 18.5 Å². The molecule has 4 nitrogen and oxygen atoms in total. The van der Waals surface area contributed by atoms with Gasteiger partial charge in [0, 0.05) is 60.6 Å². The molecular weight excluding hydrogens is 562 g/mol. The fraction of sp³-hybridized carbons (Fsp3) is 0. The molecule has 46 heavy (non-hydrogen) atoms. The van der Waals surface area contributed by atoms with Crippen LogP contribution in [0.5, 0.6) is 0 Å². The van der Waals surface area contributed by atoms with Crippen LogP contribution in [0.3, 0.4) is 0 Å². The fourth-order valence-corrected chi connectivity index (χ4v) is 7.27. The third-order valence-electron chi connectivity index (χ3n) is 9.32. The molecule has 0 radical (unpaired) electrons. The molecule has 0 aliphatic rings. The van der Waals surface area contributed by atoms with Crippen LogP contribution in [0.4, 0.5) is 0 Å². The molecule has 0 saturated carbocycles. The molecule has 0 atom stereocenters. The molecule has 0 saturated heterocycles. The Morgan fingerprint density at radius 3 is 1.74 bits per heavy atom. The number of benzene rings is 6. The van der Waals surface area contributed by atoms with E-state index in [1.807, 2.05) is 12.1 Å². The second kappa shape index (κ2) is 9.62. The van der Waals surface area contributed by atoms with Gasteiger partial charge in [-0.3, -0.25) is 0 Å². The van der Waals surface area contributed by atoms with Gasteiger partial charge in [0.05, 0.1) is 28.3 Å². The van der Waals surface area contributed by atoms with Crippen molar-refractivity contribution < 1.29 is 4.42 Å². The van der Waals surface area contributed by atoms with Crippen LogP contribution in [-0.2, 0) is 0 Å². The molecule has 0 bridgehead atoms. The van der Waals surface area contributed by atoms with Gasteiger partial charge in [0.15, 0.2) is 0 Å². The van der Waals surface area contributed by atoms with Crippen molar-refractivity contribution in [1.29, 1.82) is 0 Å². The van der Waals surface area contributed by atoms with Gasteiger partial charge in [-0.05, 0) is 72.8 Å². The number of nitrogens with zero attached hydrogens (tertiary/aromatic N) is 2. The standard InChI is InChI=1S/C42H27N3O/c1-4-17-36-28(10-1)24-37(43-36)27-11-7-13-30(22-27)44-38-18-5-2-15-32(38)34-25-35-33-16-3-6-19-39(33)45(41(35)26-40(34)44)31-14-8-12-29(23-31)42-20-9-21-46-42/h1-26,43H. The van der Waals surface area contributed by atoms with E-state index in [0.717, 1.165) is 39.5 Å². The molecule has 0 aliphatic carbocycles. The van der Waals surface area contributed by atoms with Crippen LogP contribution in [0.1, 0.15) is 0 Å². The summed E-state index contributed by atoms with van der Waals surface area (Å²) in [4.78, 5) is 3.62. The molecule has 0 spiro atoms. The minimum Gasteiger partial charge on any atom is -0.464 e. The van der Waals surface area contributed by atoms with Crippen molar-refractivity contribution in [3.8, 4) is 34.0 Å². The molecule has 4 heterocycles. The van der Waals surface area contributed by atoms with Crippen LogP contribution in [-0.4, -0.2) is 14.1 Å². The molecule has 0 amide bonds. The van der Waals surface area contributed by atoms with Crippen molar-refractivity contribution >= 4 is 54.5 Å². The predicted molar refractivity (Wildman–Crippen MR) is 190 cm³/mol. The number of hydrogen-bond acceptors (Lipinski definition) is 1. The van der Waals surface area contributed by atoms with Crippen LogP contribution < -0.4 is 0 Å². The first-order chi connectivity index (χ1) is 22.8. The Balaban J connectivity index is 1.26. The maximum absolute atomic E-state index is 5.77. The monoisotopic (exact) mass is 589 g/mol. The van der Waals surface area contributed by atoms with E-state index in [-0.39, 0.29) is 0 Å².